The molecule has 19 heavy (non-hydrogen) atoms. The van der Waals surface area contributed by atoms with Gasteiger partial charge in [-0.05, 0) is 12.1 Å². The van der Waals surface area contributed by atoms with Crippen molar-refractivity contribution in [1.29, 1.82) is 0 Å². The molecule has 1 aliphatic heterocycles. The lowest BCUT2D eigenvalue weighted by Gasteiger charge is -2.25. The van der Waals surface area contributed by atoms with Gasteiger partial charge in [-0.1, -0.05) is 18.2 Å². The lowest BCUT2D eigenvalue weighted by atomic mass is 10.1. The van der Waals surface area contributed by atoms with E-state index in [0.717, 1.165) is 17.1 Å². The number of nitrogens with one attached hydrogen (secondary N) is 2. The van der Waals surface area contributed by atoms with E-state index in [4.69, 9.17) is 0 Å². The van der Waals surface area contributed by atoms with Gasteiger partial charge in [-0.25, -0.2) is 5.53 Å². The van der Waals surface area contributed by atoms with Crippen molar-refractivity contribution < 1.29 is 4.79 Å². The van der Waals surface area contributed by atoms with Gasteiger partial charge < -0.3 is 5.32 Å². The second-order valence-corrected chi connectivity index (χ2v) is 4.16. The van der Waals surface area contributed by atoms with Gasteiger partial charge in [-0.3, -0.25) is 9.80 Å². The molecule has 1 heterocycles. The zero-order chi connectivity index (χ0) is 13.8. The molecule has 0 aliphatic carbocycles. The molecule has 0 unspecified atom stereocenters. The maximum Gasteiger partial charge on any atom is 0.221 e. The van der Waals surface area contributed by atoms with Crippen molar-refractivity contribution in [1.82, 2.24) is 15.7 Å². The van der Waals surface area contributed by atoms with Crippen LogP contribution in [0.5, 0.6) is 0 Å². The van der Waals surface area contributed by atoms with Crippen LogP contribution < -0.4 is 10.9 Å². The number of benzene rings is 1. The lowest BCUT2D eigenvalue weighted by Crippen LogP contribution is -2.43. The van der Waals surface area contributed by atoms with E-state index < -0.39 is 0 Å². The number of para-hydroxylation sites is 1. The Morgan fingerprint density at radius 3 is 2.95 bits per heavy atom. The fourth-order valence-corrected chi connectivity index (χ4v) is 1.88. The van der Waals surface area contributed by atoms with Crippen LogP contribution >= 0.6 is 0 Å². The molecule has 0 fully saturated rings. The number of amidine groups is 1. The van der Waals surface area contributed by atoms with Gasteiger partial charge in [-0.15, -0.1) is 16.8 Å². The smallest absolute Gasteiger partial charge is 0.221 e. The molecule has 6 heteroatoms. The number of carbonyl (C=O) groups is 1. The Hall–Kier alpha value is -2.34. The van der Waals surface area contributed by atoms with Crippen LogP contribution in [0.4, 0.5) is 5.69 Å². The minimum Gasteiger partial charge on any atom is -0.326 e. The molecule has 0 aromatic heterocycles. The summed E-state index contributed by atoms with van der Waals surface area (Å²) in [4.78, 5) is 11.2. The van der Waals surface area contributed by atoms with Gasteiger partial charge in [-0.2, -0.15) is 0 Å². The van der Waals surface area contributed by atoms with Gasteiger partial charge in [0.05, 0.1) is 12.2 Å². The number of hydrogen-bond acceptors (Lipinski definition) is 5. The van der Waals surface area contributed by atoms with Crippen LogP contribution in [0.3, 0.4) is 0 Å². The fraction of sp³-hybridized carbons (Fsp3) is 0.231. The number of amides is 1. The van der Waals surface area contributed by atoms with Gasteiger partial charge in [0.25, 0.3) is 0 Å². The van der Waals surface area contributed by atoms with Gasteiger partial charge in [0.2, 0.25) is 5.91 Å². The summed E-state index contributed by atoms with van der Waals surface area (Å²) in [5, 5.41) is 10.8. The highest BCUT2D eigenvalue weighted by Gasteiger charge is 2.24. The summed E-state index contributed by atoms with van der Waals surface area (Å²) in [6.45, 7) is 5.84. The van der Waals surface area contributed by atoms with E-state index in [0.29, 0.717) is 6.54 Å². The molecule has 2 rings (SSSR count). The van der Waals surface area contributed by atoms with E-state index in [1.54, 1.807) is 11.2 Å². The first kappa shape index (κ1) is 13.1. The Balaban J connectivity index is 2.35. The lowest BCUT2D eigenvalue weighted by molar-refractivity contribution is -0.114. The van der Waals surface area contributed by atoms with Crippen molar-refractivity contribution in [2.75, 3.05) is 18.9 Å². The van der Waals surface area contributed by atoms with Crippen LogP contribution in [0.15, 0.2) is 42.0 Å². The standard InChI is InChI=1S/C13H17N5O/c1-4-9-18-13(15-16-17(18)3)11-7-5-6-8-12(11)14-10(2)19/h4-8,16H,1,9H2,2-3H3,(H,14,19). The van der Waals surface area contributed by atoms with E-state index >= 15 is 0 Å². The van der Waals surface area contributed by atoms with Crippen molar-refractivity contribution in [2.45, 2.75) is 6.92 Å². The van der Waals surface area contributed by atoms with Gasteiger partial charge >= 0.3 is 0 Å². The maximum absolute atomic E-state index is 11.2. The number of anilines is 1. The molecule has 0 bridgehead atoms. The Kier molecular flexibility index (Phi) is 3.82. The van der Waals surface area contributed by atoms with Crippen LogP contribution in [-0.2, 0) is 4.79 Å². The second kappa shape index (κ2) is 5.53. The number of nitrogens with zero attached hydrogens (tertiary/aromatic N) is 3. The molecule has 6 nitrogen and oxygen atoms in total. The Bertz CT molecular complexity index is 526. The Morgan fingerprint density at radius 1 is 1.53 bits per heavy atom. The highest BCUT2D eigenvalue weighted by molar-refractivity contribution is 6.06. The summed E-state index contributed by atoms with van der Waals surface area (Å²) in [5.41, 5.74) is 4.46. The first-order valence-corrected chi connectivity index (χ1v) is 5.96. The largest absolute Gasteiger partial charge is 0.326 e. The topological polar surface area (TPSA) is 60.0 Å². The summed E-state index contributed by atoms with van der Waals surface area (Å²) in [6.07, 6.45) is 1.79. The predicted molar refractivity (Wildman–Crippen MR) is 75.1 cm³/mol. The number of hydrazone groups is 1. The maximum atomic E-state index is 11.2. The molecule has 0 spiro atoms. The van der Waals surface area contributed by atoms with Crippen LogP contribution in [0, 0.1) is 0 Å². The number of hydrazine groups is 2. The summed E-state index contributed by atoms with van der Waals surface area (Å²) in [7, 11) is 1.86. The summed E-state index contributed by atoms with van der Waals surface area (Å²) in [5.74, 6) is 0.634. The van der Waals surface area contributed by atoms with Crippen molar-refractivity contribution in [3.8, 4) is 0 Å². The van der Waals surface area contributed by atoms with Gasteiger partial charge in [0, 0.05) is 19.5 Å². The minimum absolute atomic E-state index is 0.109. The zero-order valence-electron chi connectivity index (χ0n) is 11.1. The minimum atomic E-state index is -0.109. The third-order valence-electron chi connectivity index (χ3n) is 2.69. The van der Waals surface area contributed by atoms with Crippen molar-refractivity contribution >= 4 is 17.4 Å². The van der Waals surface area contributed by atoms with Crippen molar-refractivity contribution in [3.05, 3.63) is 42.5 Å². The van der Waals surface area contributed by atoms with E-state index in [1.165, 1.54) is 6.92 Å². The molecule has 1 amide bonds. The first-order valence-electron chi connectivity index (χ1n) is 5.96. The molecule has 2 N–H and O–H groups in total. The second-order valence-electron chi connectivity index (χ2n) is 4.16. The molecule has 100 valence electrons. The molecule has 1 aliphatic rings. The molecule has 1 aromatic carbocycles. The van der Waals surface area contributed by atoms with Crippen LogP contribution in [0.2, 0.25) is 0 Å². The van der Waals surface area contributed by atoms with E-state index in [9.17, 15) is 4.79 Å². The fourth-order valence-electron chi connectivity index (χ4n) is 1.88. The molecule has 0 saturated carbocycles. The zero-order valence-corrected chi connectivity index (χ0v) is 11.1. The van der Waals surface area contributed by atoms with Crippen LogP contribution in [0.1, 0.15) is 12.5 Å². The average Bonchev–Trinajstić information content (AvgIpc) is 2.72. The summed E-state index contributed by atoms with van der Waals surface area (Å²) < 4.78 is 0. The summed E-state index contributed by atoms with van der Waals surface area (Å²) >= 11 is 0. The quantitative estimate of drug-likeness (QED) is 0.797. The molecule has 1 aromatic rings. The van der Waals surface area contributed by atoms with E-state index in [2.05, 4.69) is 22.5 Å². The third-order valence-corrected chi connectivity index (χ3v) is 2.69. The molecular formula is C13H17N5O. The number of rotatable bonds is 4. The monoisotopic (exact) mass is 259 g/mol. The third kappa shape index (κ3) is 2.74. The van der Waals surface area contributed by atoms with Crippen LogP contribution in [-0.4, -0.2) is 35.5 Å². The average molecular weight is 259 g/mol. The normalized spacial score (nSPS) is 14.8. The highest BCUT2D eigenvalue weighted by atomic mass is 16.1. The van der Waals surface area contributed by atoms with E-state index in [1.807, 2.05) is 36.3 Å². The molecule has 0 radical (unpaired) electrons. The van der Waals surface area contributed by atoms with Crippen molar-refractivity contribution in [2.24, 2.45) is 5.10 Å². The molecule has 0 saturated heterocycles. The summed E-state index contributed by atoms with van der Waals surface area (Å²) in [6, 6.07) is 7.55. The SMILES string of the molecule is C=CCN1C(c2ccccc2NC(C)=O)=NNN1C. The number of hydrogen-bond donors (Lipinski definition) is 2. The number of carbonyl (C=O) groups excluding carboxylic acids is 1. The Labute approximate surface area is 112 Å². The predicted octanol–water partition coefficient (Wildman–Crippen LogP) is 1.16. The van der Waals surface area contributed by atoms with E-state index in [-0.39, 0.29) is 5.91 Å². The highest BCUT2D eigenvalue weighted by Crippen LogP contribution is 2.20. The first-order chi connectivity index (χ1) is 9.13. The van der Waals surface area contributed by atoms with Crippen molar-refractivity contribution in [3.63, 3.8) is 0 Å². The van der Waals surface area contributed by atoms with Crippen LogP contribution in [0.25, 0.3) is 0 Å². The molecule has 0 atom stereocenters. The van der Waals surface area contributed by atoms with Gasteiger partial charge in [0.15, 0.2) is 5.84 Å². The molecular weight excluding hydrogens is 242 g/mol. The Morgan fingerprint density at radius 2 is 2.26 bits per heavy atom. The van der Waals surface area contributed by atoms with Gasteiger partial charge in [0.1, 0.15) is 0 Å².